The average molecular weight is 376 g/mol. The summed E-state index contributed by atoms with van der Waals surface area (Å²) >= 11 is 0. The van der Waals surface area contributed by atoms with Crippen LogP contribution in [0.5, 0.6) is 0 Å². The van der Waals surface area contributed by atoms with Gasteiger partial charge in [-0.15, -0.1) is 0 Å². The van der Waals surface area contributed by atoms with Crippen molar-refractivity contribution in [3.05, 3.63) is 143 Å². The molecule has 0 saturated carbocycles. The van der Waals surface area contributed by atoms with Gasteiger partial charge in [0.25, 0.3) is 0 Å². The van der Waals surface area contributed by atoms with Crippen molar-refractivity contribution in [1.29, 1.82) is 0 Å². The Labute approximate surface area is 170 Å². The molecule has 0 aromatic heterocycles. The van der Waals surface area contributed by atoms with Crippen LogP contribution in [0.15, 0.2) is 132 Å². The lowest BCUT2D eigenvalue weighted by Crippen LogP contribution is -2.28. The molecular formula is C27H20O2. The van der Waals surface area contributed by atoms with Crippen molar-refractivity contribution >= 4 is 0 Å². The maximum absolute atomic E-state index is 6.76. The second-order valence-corrected chi connectivity index (χ2v) is 7.68. The minimum absolute atomic E-state index is 0.0322. The van der Waals surface area contributed by atoms with Gasteiger partial charge in [0.05, 0.1) is 0 Å². The molecule has 0 spiro atoms. The van der Waals surface area contributed by atoms with E-state index in [2.05, 4.69) is 91.1 Å². The lowest BCUT2D eigenvalue weighted by Gasteiger charge is -2.31. The Bertz CT molecular complexity index is 1100. The second kappa shape index (κ2) is 6.33. The van der Waals surface area contributed by atoms with Gasteiger partial charge in [-0.2, -0.15) is 0 Å². The third-order valence-corrected chi connectivity index (χ3v) is 5.94. The van der Waals surface area contributed by atoms with E-state index in [0.29, 0.717) is 0 Å². The first-order valence-corrected chi connectivity index (χ1v) is 10.0. The van der Waals surface area contributed by atoms with E-state index < -0.39 is 5.60 Å². The molecule has 29 heavy (non-hydrogen) atoms. The summed E-state index contributed by atoms with van der Waals surface area (Å²) in [6.45, 7) is 0. The molecule has 2 aromatic rings. The van der Waals surface area contributed by atoms with Gasteiger partial charge < -0.3 is 9.47 Å². The maximum Gasteiger partial charge on any atom is 0.142 e. The Morgan fingerprint density at radius 1 is 0.724 bits per heavy atom. The normalized spacial score (nSPS) is 25.5. The first-order valence-electron chi connectivity index (χ1n) is 10.0. The van der Waals surface area contributed by atoms with Crippen molar-refractivity contribution in [3.8, 4) is 0 Å². The number of hydrogen-bond acceptors (Lipinski definition) is 2. The molecule has 0 fully saturated rings. The minimum atomic E-state index is -0.634. The number of hydrogen-bond donors (Lipinski definition) is 0. The molecule has 4 aliphatic rings. The summed E-state index contributed by atoms with van der Waals surface area (Å²) in [4.78, 5) is 0. The predicted molar refractivity (Wildman–Crippen MR) is 114 cm³/mol. The van der Waals surface area contributed by atoms with Gasteiger partial charge in [-0.1, -0.05) is 91.0 Å². The van der Waals surface area contributed by atoms with Crippen molar-refractivity contribution in [2.75, 3.05) is 0 Å². The highest BCUT2D eigenvalue weighted by Crippen LogP contribution is 2.48. The second-order valence-electron chi connectivity index (χ2n) is 7.68. The Morgan fingerprint density at radius 2 is 1.45 bits per heavy atom. The Kier molecular flexibility index (Phi) is 3.62. The molecule has 2 nitrogen and oxygen atoms in total. The van der Waals surface area contributed by atoms with Crippen LogP contribution in [0.1, 0.15) is 11.1 Å². The fraction of sp³-hybridized carbons (Fsp3) is 0.111. The molecule has 2 aromatic carbocycles. The van der Waals surface area contributed by atoms with E-state index in [-0.39, 0.29) is 12.2 Å². The molecule has 0 amide bonds. The zero-order valence-electron chi connectivity index (χ0n) is 15.9. The molecule has 140 valence electrons. The molecule has 2 aliphatic heterocycles. The molecule has 0 N–H and O–H groups in total. The van der Waals surface area contributed by atoms with Crippen molar-refractivity contribution in [2.24, 2.45) is 0 Å². The molecule has 2 heteroatoms. The number of fused-ring (bicyclic) bond motifs is 3. The van der Waals surface area contributed by atoms with E-state index in [4.69, 9.17) is 9.47 Å². The van der Waals surface area contributed by atoms with Crippen LogP contribution in [0.25, 0.3) is 0 Å². The molecule has 2 aliphatic carbocycles. The van der Waals surface area contributed by atoms with Crippen molar-refractivity contribution in [2.45, 2.75) is 17.8 Å². The topological polar surface area (TPSA) is 18.5 Å². The minimum Gasteiger partial charge on any atom is -0.481 e. The largest absolute Gasteiger partial charge is 0.481 e. The van der Waals surface area contributed by atoms with Gasteiger partial charge in [0.15, 0.2) is 0 Å². The van der Waals surface area contributed by atoms with Crippen LogP contribution in [0.2, 0.25) is 0 Å². The zero-order valence-corrected chi connectivity index (χ0v) is 15.9. The van der Waals surface area contributed by atoms with Gasteiger partial charge in [0.1, 0.15) is 23.6 Å². The lowest BCUT2D eigenvalue weighted by molar-refractivity contribution is 0.0173. The summed E-state index contributed by atoms with van der Waals surface area (Å²) in [5, 5.41) is 0. The first kappa shape index (κ1) is 16.6. The van der Waals surface area contributed by atoms with E-state index >= 15 is 0 Å². The van der Waals surface area contributed by atoms with E-state index in [0.717, 1.165) is 28.0 Å². The predicted octanol–water partition coefficient (Wildman–Crippen LogP) is 5.53. The lowest BCUT2D eigenvalue weighted by atomic mass is 9.84. The summed E-state index contributed by atoms with van der Waals surface area (Å²) in [6, 6.07) is 20.9. The maximum atomic E-state index is 6.76. The van der Waals surface area contributed by atoms with Crippen LogP contribution in [0, 0.1) is 0 Å². The van der Waals surface area contributed by atoms with Gasteiger partial charge in [0.2, 0.25) is 0 Å². The number of rotatable bonds is 2. The van der Waals surface area contributed by atoms with Gasteiger partial charge in [0, 0.05) is 11.1 Å². The summed E-state index contributed by atoms with van der Waals surface area (Å²) < 4.78 is 13.2. The molecule has 2 heterocycles. The fourth-order valence-corrected chi connectivity index (χ4v) is 4.54. The first-order chi connectivity index (χ1) is 14.3. The summed E-state index contributed by atoms with van der Waals surface area (Å²) in [5.41, 5.74) is 5.01. The molecule has 0 bridgehead atoms. The van der Waals surface area contributed by atoms with E-state index in [9.17, 15) is 0 Å². The smallest absolute Gasteiger partial charge is 0.142 e. The number of benzene rings is 2. The van der Waals surface area contributed by atoms with Crippen LogP contribution < -0.4 is 0 Å². The fourth-order valence-electron chi connectivity index (χ4n) is 4.54. The number of allylic oxidation sites excluding steroid dienone is 5. The highest BCUT2D eigenvalue weighted by atomic mass is 16.5. The molecule has 0 saturated heterocycles. The van der Waals surface area contributed by atoms with Crippen molar-refractivity contribution < 1.29 is 9.47 Å². The van der Waals surface area contributed by atoms with Gasteiger partial charge in [-0.25, -0.2) is 0 Å². The average Bonchev–Trinajstić information content (AvgIpc) is 3.21. The Balaban J connectivity index is 1.53. The highest BCUT2D eigenvalue weighted by molar-refractivity contribution is 5.59. The van der Waals surface area contributed by atoms with E-state index in [1.165, 1.54) is 5.57 Å². The van der Waals surface area contributed by atoms with Gasteiger partial charge in [-0.3, -0.25) is 0 Å². The number of ether oxygens (including phenoxy) is 2. The Morgan fingerprint density at radius 3 is 2.17 bits per heavy atom. The van der Waals surface area contributed by atoms with Crippen LogP contribution in [-0.4, -0.2) is 12.2 Å². The summed E-state index contributed by atoms with van der Waals surface area (Å²) in [5.74, 6) is 0.930. The summed E-state index contributed by atoms with van der Waals surface area (Å²) in [7, 11) is 0. The van der Waals surface area contributed by atoms with Crippen LogP contribution in [0.4, 0.5) is 0 Å². The molecule has 6 rings (SSSR count). The molecule has 0 radical (unpaired) electrons. The monoisotopic (exact) mass is 376 g/mol. The van der Waals surface area contributed by atoms with Gasteiger partial charge >= 0.3 is 0 Å². The molecule has 2 unspecified atom stereocenters. The van der Waals surface area contributed by atoms with Crippen LogP contribution in [-0.2, 0) is 15.1 Å². The Hall–Kier alpha value is -3.36. The molecule has 2 atom stereocenters. The van der Waals surface area contributed by atoms with E-state index in [1.54, 1.807) is 0 Å². The molecular weight excluding hydrogens is 356 g/mol. The van der Waals surface area contributed by atoms with E-state index in [1.807, 2.05) is 18.2 Å². The third-order valence-electron chi connectivity index (χ3n) is 5.94. The SMILES string of the molecule is C1=CC2=CC3=C(OC2C=C1)C1=CC(c2ccccc2)(c2ccccc2)OC1C=C3. The van der Waals surface area contributed by atoms with Crippen molar-refractivity contribution in [3.63, 3.8) is 0 Å². The van der Waals surface area contributed by atoms with Crippen LogP contribution in [0.3, 0.4) is 0 Å². The highest BCUT2D eigenvalue weighted by Gasteiger charge is 2.45. The summed E-state index contributed by atoms with van der Waals surface area (Å²) in [6.07, 6.45) is 16.9. The third kappa shape index (κ3) is 2.53. The quantitative estimate of drug-likeness (QED) is 0.686. The zero-order chi connectivity index (χ0) is 19.3. The van der Waals surface area contributed by atoms with Crippen LogP contribution >= 0.6 is 0 Å². The van der Waals surface area contributed by atoms with Crippen molar-refractivity contribution in [1.82, 2.24) is 0 Å². The van der Waals surface area contributed by atoms with Gasteiger partial charge in [-0.05, 0) is 34.9 Å². The standard InChI is InChI=1S/C27H20O2/c1-3-10-21(11-4-1)27(22-12-5-2-6-13-22)18-23-25(29-27)16-15-20-17-19-9-7-8-14-24(19)28-26(20)23/h1-18,24-25H.